The van der Waals surface area contributed by atoms with Crippen LogP contribution in [-0.2, 0) is 6.42 Å². The second kappa shape index (κ2) is 4.64. The third-order valence-electron chi connectivity index (χ3n) is 4.05. The van der Waals surface area contributed by atoms with Gasteiger partial charge in [-0.05, 0) is 18.8 Å². The van der Waals surface area contributed by atoms with Crippen LogP contribution < -0.4 is 10.6 Å². The number of anilines is 1. The molecule has 1 aromatic rings. The fourth-order valence-electron chi connectivity index (χ4n) is 2.59. The van der Waals surface area contributed by atoms with E-state index < -0.39 is 0 Å². The van der Waals surface area contributed by atoms with Gasteiger partial charge < -0.3 is 10.6 Å². The smallest absolute Gasteiger partial charge is 0.244 e. The molecule has 0 amide bonds. The van der Waals surface area contributed by atoms with Crippen molar-refractivity contribution >= 4 is 5.95 Å². The highest BCUT2D eigenvalue weighted by atomic mass is 15.4. The summed E-state index contributed by atoms with van der Waals surface area (Å²) in [7, 11) is 0. The van der Waals surface area contributed by atoms with Crippen LogP contribution in [0.2, 0.25) is 0 Å². The van der Waals surface area contributed by atoms with Gasteiger partial charge in [0, 0.05) is 25.6 Å². The van der Waals surface area contributed by atoms with Crippen LogP contribution in [0.5, 0.6) is 0 Å². The Hall–Kier alpha value is -1.10. The van der Waals surface area contributed by atoms with Crippen molar-refractivity contribution in [2.24, 2.45) is 11.7 Å². The lowest BCUT2D eigenvalue weighted by molar-refractivity contribution is 0.309. The zero-order chi connectivity index (χ0) is 11.7. The number of rotatable bonds is 3. The number of nitrogens with one attached hydrogen (secondary N) is 1. The van der Waals surface area contributed by atoms with Gasteiger partial charge in [0.2, 0.25) is 5.95 Å². The molecule has 3 N–H and O–H groups in total. The minimum absolute atomic E-state index is 0.361. The Kier molecular flexibility index (Phi) is 3.01. The molecule has 3 rings (SSSR count). The normalized spacial score (nSPS) is 22.8. The number of aromatic nitrogens is 3. The van der Waals surface area contributed by atoms with Crippen LogP contribution in [0.15, 0.2) is 0 Å². The van der Waals surface area contributed by atoms with Crippen LogP contribution in [0.1, 0.15) is 37.9 Å². The van der Waals surface area contributed by atoms with E-state index in [0.717, 1.165) is 50.0 Å². The second-order valence-corrected chi connectivity index (χ2v) is 5.41. The molecule has 2 fully saturated rings. The van der Waals surface area contributed by atoms with Crippen LogP contribution in [0.25, 0.3) is 0 Å². The van der Waals surface area contributed by atoms with E-state index >= 15 is 0 Å². The predicted octanol–water partition coefficient (Wildman–Crippen LogP) is 1.07. The second-order valence-electron chi connectivity index (χ2n) is 5.41. The minimum Gasteiger partial charge on any atom is -0.339 e. The standard InChI is InChI=1S/C12H21N5/c13-10-4-6-17(7-5-10)12-14-11(15-16-12)8-9-2-1-3-9/h9-10H,1-8,13H2,(H,14,15,16). The Bertz CT molecular complexity index is 363. The molecule has 1 saturated carbocycles. The van der Waals surface area contributed by atoms with Crippen molar-refractivity contribution in [1.29, 1.82) is 0 Å². The Morgan fingerprint density at radius 3 is 2.65 bits per heavy atom. The first-order chi connectivity index (χ1) is 8.31. The van der Waals surface area contributed by atoms with Gasteiger partial charge in [0.05, 0.1) is 0 Å². The molecular formula is C12H21N5. The van der Waals surface area contributed by atoms with Crippen molar-refractivity contribution in [3.8, 4) is 0 Å². The maximum atomic E-state index is 5.90. The SMILES string of the molecule is NC1CCN(c2n[nH]c(CC3CCC3)n2)CC1. The van der Waals surface area contributed by atoms with Crippen molar-refractivity contribution in [2.45, 2.75) is 44.6 Å². The molecule has 5 nitrogen and oxygen atoms in total. The molecule has 0 unspecified atom stereocenters. The Labute approximate surface area is 102 Å². The molecule has 1 aromatic heterocycles. The number of hydrogen-bond donors (Lipinski definition) is 2. The largest absolute Gasteiger partial charge is 0.339 e. The van der Waals surface area contributed by atoms with E-state index in [1.165, 1.54) is 19.3 Å². The maximum Gasteiger partial charge on any atom is 0.244 e. The number of aromatic amines is 1. The van der Waals surface area contributed by atoms with Gasteiger partial charge in [-0.25, -0.2) is 0 Å². The van der Waals surface area contributed by atoms with Crippen LogP contribution in [0.3, 0.4) is 0 Å². The maximum absolute atomic E-state index is 5.90. The monoisotopic (exact) mass is 235 g/mol. The van der Waals surface area contributed by atoms with Crippen LogP contribution in [-0.4, -0.2) is 34.3 Å². The fraction of sp³-hybridized carbons (Fsp3) is 0.833. The number of H-pyrrole nitrogens is 1. The summed E-state index contributed by atoms with van der Waals surface area (Å²) in [6.07, 6.45) is 7.26. The Balaban J connectivity index is 1.59. The van der Waals surface area contributed by atoms with Gasteiger partial charge in [0.15, 0.2) is 0 Å². The van der Waals surface area contributed by atoms with E-state index in [1.54, 1.807) is 0 Å². The van der Waals surface area contributed by atoms with E-state index in [-0.39, 0.29) is 0 Å². The van der Waals surface area contributed by atoms with E-state index in [2.05, 4.69) is 20.1 Å². The summed E-state index contributed by atoms with van der Waals surface area (Å²) in [5.41, 5.74) is 5.90. The van der Waals surface area contributed by atoms with E-state index in [0.29, 0.717) is 6.04 Å². The van der Waals surface area contributed by atoms with Crippen LogP contribution in [0.4, 0.5) is 5.95 Å². The van der Waals surface area contributed by atoms with E-state index in [4.69, 9.17) is 5.73 Å². The van der Waals surface area contributed by atoms with Gasteiger partial charge in [0.1, 0.15) is 5.82 Å². The first kappa shape index (κ1) is 11.0. The van der Waals surface area contributed by atoms with Crippen molar-refractivity contribution < 1.29 is 0 Å². The molecule has 0 bridgehead atoms. The summed E-state index contributed by atoms with van der Waals surface area (Å²) in [6.45, 7) is 1.98. The molecule has 0 aromatic carbocycles. The minimum atomic E-state index is 0.361. The third kappa shape index (κ3) is 2.44. The van der Waals surface area contributed by atoms with Gasteiger partial charge in [-0.2, -0.15) is 4.98 Å². The number of hydrogen-bond acceptors (Lipinski definition) is 4. The average Bonchev–Trinajstić information content (AvgIpc) is 2.73. The fourth-order valence-corrected chi connectivity index (χ4v) is 2.59. The number of nitrogens with zero attached hydrogens (tertiary/aromatic N) is 3. The van der Waals surface area contributed by atoms with Crippen LogP contribution in [0, 0.1) is 5.92 Å². The van der Waals surface area contributed by atoms with Crippen molar-refractivity contribution in [3.63, 3.8) is 0 Å². The summed E-state index contributed by atoms with van der Waals surface area (Å²) in [6, 6.07) is 0.361. The predicted molar refractivity (Wildman–Crippen MR) is 66.9 cm³/mol. The van der Waals surface area contributed by atoms with Gasteiger partial charge in [0.25, 0.3) is 0 Å². The molecule has 5 heteroatoms. The number of piperidine rings is 1. The quantitative estimate of drug-likeness (QED) is 0.822. The first-order valence-electron chi connectivity index (χ1n) is 6.73. The van der Waals surface area contributed by atoms with Gasteiger partial charge in [-0.3, -0.25) is 5.10 Å². The van der Waals surface area contributed by atoms with E-state index in [9.17, 15) is 0 Å². The molecule has 94 valence electrons. The zero-order valence-electron chi connectivity index (χ0n) is 10.2. The molecule has 0 atom stereocenters. The molecular weight excluding hydrogens is 214 g/mol. The summed E-state index contributed by atoms with van der Waals surface area (Å²) in [5.74, 6) is 2.76. The first-order valence-corrected chi connectivity index (χ1v) is 6.73. The number of nitrogens with two attached hydrogens (primary N) is 1. The molecule has 0 spiro atoms. The molecule has 2 heterocycles. The Morgan fingerprint density at radius 2 is 2.00 bits per heavy atom. The summed E-state index contributed by atoms with van der Waals surface area (Å²) < 4.78 is 0. The third-order valence-corrected chi connectivity index (χ3v) is 4.05. The molecule has 17 heavy (non-hydrogen) atoms. The highest BCUT2D eigenvalue weighted by Crippen LogP contribution is 2.29. The van der Waals surface area contributed by atoms with Crippen molar-refractivity contribution in [2.75, 3.05) is 18.0 Å². The molecule has 1 aliphatic heterocycles. The molecule has 1 aliphatic carbocycles. The molecule has 0 radical (unpaired) electrons. The van der Waals surface area contributed by atoms with Crippen molar-refractivity contribution in [1.82, 2.24) is 15.2 Å². The van der Waals surface area contributed by atoms with Gasteiger partial charge >= 0.3 is 0 Å². The van der Waals surface area contributed by atoms with E-state index in [1.807, 2.05) is 0 Å². The van der Waals surface area contributed by atoms with Gasteiger partial charge in [-0.1, -0.05) is 19.3 Å². The lowest BCUT2D eigenvalue weighted by atomic mass is 9.83. The lowest BCUT2D eigenvalue weighted by Crippen LogP contribution is -2.40. The zero-order valence-corrected chi connectivity index (χ0v) is 10.2. The highest BCUT2D eigenvalue weighted by molar-refractivity contribution is 5.29. The lowest BCUT2D eigenvalue weighted by Gasteiger charge is -2.29. The van der Waals surface area contributed by atoms with Gasteiger partial charge in [-0.15, -0.1) is 5.10 Å². The van der Waals surface area contributed by atoms with Crippen LogP contribution >= 0.6 is 0 Å². The molecule has 1 saturated heterocycles. The summed E-state index contributed by atoms with van der Waals surface area (Å²) in [5, 5.41) is 7.40. The summed E-state index contributed by atoms with van der Waals surface area (Å²) >= 11 is 0. The average molecular weight is 235 g/mol. The summed E-state index contributed by atoms with van der Waals surface area (Å²) in [4.78, 5) is 6.84. The topological polar surface area (TPSA) is 70.8 Å². The Morgan fingerprint density at radius 1 is 1.24 bits per heavy atom. The highest BCUT2D eigenvalue weighted by Gasteiger charge is 2.22. The molecule has 2 aliphatic rings. The van der Waals surface area contributed by atoms with Crippen molar-refractivity contribution in [3.05, 3.63) is 5.82 Å².